The Labute approximate surface area is 161 Å². The van der Waals surface area contributed by atoms with E-state index in [1.54, 1.807) is 26.4 Å². The van der Waals surface area contributed by atoms with Crippen molar-refractivity contribution >= 4 is 11.9 Å². The van der Waals surface area contributed by atoms with Crippen LogP contribution in [0.25, 0.3) is 6.08 Å². The second-order valence-corrected chi connectivity index (χ2v) is 7.04. The Bertz CT molecular complexity index is 797. The number of Topliss-reactive ketones (excluding diaryl/α,β-unsaturated/α-hetero) is 1. The second-order valence-electron chi connectivity index (χ2n) is 7.04. The third-order valence-corrected chi connectivity index (χ3v) is 4.39. The van der Waals surface area contributed by atoms with Crippen LogP contribution in [-0.4, -0.2) is 25.6 Å². The summed E-state index contributed by atoms with van der Waals surface area (Å²) in [5.74, 6) is 1.84. The predicted molar refractivity (Wildman–Crippen MR) is 109 cm³/mol. The molecule has 0 radical (unpaired) electrons. The van der Waals surface area contributed by atoms with Gasteiger partial charge in [-0.25, -0.2) is 0 Å². The van der Waals surface area contributed by atoms with E-state index < -0.39 is 0 Å². The summed E-state index contributed by atoms with van der Waals surface area (Å²) in [5.41, 5.74) is 1.27. The Morgan fingerprint density at radius 1 is 1.26 bits per heavy atom. The van der Waals surface area contributed by atoms with Crippen LogP contribution in [0, 0.1) is 5.92 Å². The van der Waals surface area contributed by atoms with Crippen LogP contribution in [0.1, 0.15) is 43.1 Å². The lowest BCUT2D eigenvalue weighted by Crippen LogP contribution is -2.27. The van der Waals surface area contributed by atoms with Gasteiger partial charge in [0, 0.05) is 17.0 Å². The monoisotopic (exact) mass is 368 g/mol. The summed E-state index contributed by atoms with van der Waals surface area (Å²) < 4.78 is 16.6. The highest BCUT2D eigenvalue weighted by Gasteiger charge is 2.23. The molecule has 1 heterocycles. The lowest BCUT2D eigenvalue weighted by Gasteiger charge is -2.28. The maximum absolute atomic E-state index is 12.8. The number of carbonyl (C=O) groups excluding carboxylic acids is 1. The van der Waals surface area contributed by atoms with Gasteiger partial charge in [-0.1, -0.05) is 25.7 Å². The van der Waals surface area contributed by atoms with Gasteiger partial charge in [0.1, 0.15) is 11.4 Å². The molecule has 0 aromatic heterocycles. The first kappa shape index (κ1) is 20.6. The van der Waals surface area contributed by atoms with Crippen LogP contribution < -0.4 is 4.74 Å². The highest BCUT2D eigenvalue weighted by Crippen LogP contribution is 2.32. The van der Waals surface area contributed by atoms with Crippen molar-refractivity contribution in [3.8, 4) is 5.75 Å². The Kier molecular flexibility index (Phi) is 6.67. The lowest BCUT2D eigenvalue weighted by molar-refractivity contribution is 0.0930. The van der Waals surface area contributed by atoms with Crippen molar-refractivity contribution in [3.63, 3.8) is 0 Å². The molecule has 0 spiro atoms. The number of hydrogen-bond donors (Lipinski definition) is 0. The number of ether oxygens (including phenoxy) is 3. The molecule has 0 saturated heterocycles. The highest BCUT2D eigenvalue weighted by molar-refractivity contribution is 5.98. The number of methoxy groups -OCH3 is 2. The molecule has 4 nitrogen and oxygen atoms in total. The van der Waals surface area contributed by atoms with E-state index in [0.717, 1.165) is 11.3 Å². The minimum absolute atomic E-state index is 0.0782. The first-order valence-corrected chi connectivity index (χ1v) is 8.99. The predicted octanol–water partition coefficient (Wildman–Crippen LogP) is 5.33. The van der Waals surface area contributed by atoms with E-state index in [2.05, 4.69) is 6.58 Å². The highest BCUT2D eigenvalue weighted by atomic mass is 16.5. The maximum atomic E-state index is 12.8. The van der Waals surface area contributed by atoms with Crippen molar-refractivity contribution in [2.45, 2.75) is 32.8 Å². The van der Waals surface area contributed by atoms with Crippen molar-refractivity contribution in [2.24, 2.45) is 5.92 Å². The van der Waals surface area contributed by atoms with Crippen molar-refractivity contribution in [3.05, 3.63) is 71.7 Å². The number of hydrogen-bond acceptors (Lipinski definition) is 4. The molecule has 4 heteroatoms. The van der Waals surface area contributed by atoms with Gasteiger partial charge in [0.2, 0.25) is 0 Å². The maximum Gasteiger partial charge on any atom is 0.166 e. The van der Waals surface area contributed by atoms with Gasteiger partial charge in [-0.05, 0) is 56.7 Å². The summed E-state index contributed by atoms with van der Waals surface area (Å²) in [7, 11) is 3.15. The number of carbonyl (C=O) groups is 1. The van der Waals surface area contributed by atoms with Gasteiger partial charge in [0.15, 0.2) is 17.3 Å². The summed E-state index contributed by atoms with van der Waals surface area (Å²) in [4.78, 5) is 12.8. The minimum Gasteiger partial charge on any atom is -0.493 e. The summed E-state index contributed by atoms with van der Waals surface area (Å²) in [6, 6.07) is 5.58. The fraction of sp³-hybridized carbons (Fsp3) is 0.348. The van der Waals surface area contributed by atoms with Crippen LogP contribution in [0.15, 0.2) is 60.6 Å². The topological polar surface area (TPSA) is 44.8 Å². The molecule has 144 valence electrons. The smallest absolute Gasteiger partial charge is 0.166 e. The van der Waals surface area contributed by atoms with Crippen molar-refractivity contribution in [2.75, 3.05) is 14.2 Å². The van der Waals surface area contributed by atoms with E-state index in [9.17, 15) is 4.79 Å². The largest absolute Gasteiger partial charge is 0.493 e. The number of ketones is 1. The van der Waals surface area contributed by atoms with Crippen molar-refractivity contribution < 1.29 is 19.0 Å². The van der Waals surface area contributed by atoms with Crippen LogP contribution in [-0.2, 0) is 9.47 Å². The zero-order valence-electron chi connectivity index (χ0n) is 16.7. The summed E-state index contributed by atoms with van der Waals surface area (Å²) in [6.07, 6.45) is 9.76. The number of fused-ring (bicyclic) bond motifs is 1. The average molecular weight is 368 g/mol. The van der Waals surface area contributed by atoms with Gasteiger partial charge in [0.05, 0.1) is 14.2 Å². The molecule has 27 heavy (non-hydrogen) atoms. The molecule has 0 aliphatic carbocycles. The standard InChI is InChI=1S/C23H28O4/c1-7-8-20(25-5)21(26-6)11-9-16(2)22(24)18-10-12-19-17(15-18)13-14-23(3,4)27-19/h7-8,10-16H,1,9H2,2-6H3/b20-8+,21-11+/t16-/m0/s1. The van der Waals surface area contributed by atoms with E-state index in [4.69, 9.17) is 14.2 Å². The third-order valence-electron chi connectivity index (χ3n) is 4.39. The Morgan fingerprint density at radius 2 is 1.96 bits per heavy atom. The molecule has 1 aliphatic rings. The van der Waals surface area contributed by atoms with Crippen molar-refractivity contribution in [1.29, 1.82) is 0 Å². The van der Waals surface area contributed by atoms with E-state index >= 15 is 0 Å². The van der Waals surface area contributed by atoms with Crippen LogP contribution in [0.2, 0.25) is 0 Å². The summed E-state index contributed by atoms with van der Waals surface area (Å²) in [6.45, 7) is 9.58. The minimum atomic E-state index is -0.328. The number of benzene rings is 1. The van der Waals surface area contributed by atoms with Gasteiger partial charge in [0.25, 0.3) is 0 Å². The quantitative estimate of drug-likeness (QED) is 0.354. The van der Waals surface area contributed by atoms with Gasteiger partial charge >= 0.3 is 0 Å². The van der Waals surface area contributed by atoms with E-state index in [1.165, 1.54) is 0 Å². The molecule has 1 aliphatic heterocycles. The molecule has 1 aromatic carbocycles. The zero-order chi connectivity index (χ0) is 20.0. The third kappa shape index (κ3) is 5.13. The molecule has 0 N–H and O–H groups in total. The van der Waals surface area contributed by atoms with Crippen LogP contribution in [0.5, 0.6) is 5.75 Å². The molecule has 0 fully saturated rings. The summed E-state index contributed by atoms with van der Waals surface area (Å²) >= 11 is 0. The Morgan fingerprint density at radius 3 is 2.59 bits per heavy atom. The zero-order valence-corrected chi connectivity index (χ0v) is 16.7. The van der Waals surface area contributed by atoms with Crippen LogP contribution in [0.4, 0.5) is 0 Å². The molecule has 1 atom stereocenters. The first-order valence-electron chi connectivity index (χ1n) is 8.99. The fourth-order valence-electron chi connectivity index (χ4n) is 2.85. The molecule has 0 unspecified atom stereocenters. The molecule has 2 rings (SSSR count). The molecule has 0 saturated carbocycles. The van der Waals surface area contributed by atoms with E-state index in [1.807, 2.05) is 57.2 Å². The molecule has 1 aromatic rings. The van der Waals surface area contributed by atoms with Gasteiger partial charge in [-0.3, -0.25) is 4.79 Å². The number of rotatable bonds is 8. The molecular weight excluding hydrogens is 340 g/mol. The Hall–Kier alpha value is -2.75. The normalized spacial score (nSPS) is 16.8. The van der Waals surface area contributed by atoms with Crippen LogP contribution in [0.3, 0.4) is 0 Å². The number of allylic oxidation sites excluding steroid dienone is 3. The van der Waals surface area contributed by atoms with Crippen LogP contribution >= 0.6 is 0 Å². The first-order chi connectivity index (χ1) is 12.8. The van der Waals surface area contributed by atoms with Crippen molar-refractivity contribution in [1.82, 2.24) is 0 Å². The average Bonchev–Trinajstić information content (AvgIpc) is 2.65. The Balaban J connectivity index is 2.15. The van der Waals surface area contributed by atoms with Gasteiger partial charge in [-0.15, -0.1) is 0 Å². The van der Waals surface area contributed by atoms with Gasteiger partial charge < -0.3 is 14.2 Å². The SMILES string of the molecule is C=C/C=C(OC)\C(=C/C[C@H](C)C(=O)c1ccc2c(c1)C=CC(C)(C)O2)OC. The van der Waals surface area contributed by atoms with E-state index in [0.29, 0.717) is 23.5 Å². The molecular formula is C23H28O4. The molecule has 0 amide bonds. The second kappa shape index (κ2) is 8.76. The van der Waals surface area contributed by atoms with E-state index in [-0.39, 0.29) is 17.3 Å². The lowest BCUT2D eigenvalue weighted by atomic mass is 9.93. The summed E-state index contributed by atoms with van der Waals surface area (Å²) in [5, 5.41) is 0. The van der Waals surface area contributed by atoms with Gasteiger partial charge in [-0.2, -0.15) is 0 Å². The fourth-order valence-corrected chi connectivity index (χ4v) is 2.85. The molecule has 0 bridgehead atoms.